The van der Waals surface area contributed by atoms with Crippen LogP contribution in [0.1, 0.15) is 35.8 Å². The number of nitrogens with zero attached hydrogens (tertiary/aromatic N) is 1. The lowest BCUT2D eigenvalue weighted by atomic mass is 10.00. The van der Waals surface area contributed by atoms with Crippen molar-refractivity contribution in [3.63, 3.8) is 0 Å². The third-order valence-electron chi connectivity index (χ3n) is 3.83. The summed E-state index contributed by atoms with van der Waals surface area (Å²) < 4.78 is 0. The standard InChI is InChI=1S/C20H20N2/c1-16(17-10-4-2-5-11-17)22-20(18-12-6-3-7-13-18)19-14-8-9-15-21-19/h2-16,20,22H,1H3/t16-,20?/m1/s1. The molecule has 0 saturated carbocycles. The first-order valence-corrected chi connectivity index (χ1v) is 7.61. The van der Waals surface area contributed by atoms with Crippen molar-refractivity contribution in [1.82, 2.24) is 10.3 Å². The number of rotatable bonds is 5. The zero-order chi connectivity index (χ0) is 15.2. The topological polar surface area (TPSA) is 24.9 Å². The minimum atomic E-state index is 0.0811. The lowest BCUT2D eigenvalue weighted by Gasteiger charge is -2.24. The van der Waals surface area contributed by atoms with Crippen LogP contribution in [0.4, 0.5) is 0 Å². The molecule has 2 nitrogen and oxygen atoms in total. The highest BCUT2D eigenvalue weighted by atomic mass is 15.0. The van der Waals surface area contributed by atoms with Crippen molar-refractivity contribution in [3.05, 3.63) is 102 Å². The Morgan fingerprint density at radius 3 is 1.91 bits per heavy atom. The van der Waals surface area contributed by atoms with Crippen LogP contribution in [0.25, 0.3) is 0 Å². The quantitative estimate of drug-likeness (QED) is 0.746. The van der Waals surface area contributed by atoms with E-state index in [1.54, 1.807) is 0 Å². The Morgan fingerprint density at radius 1 is 0.727 bits per heavy atom. The molecule has 1 N–H and O–H groups in total. The third kappa shape index (κ3) is 3.41. The molecule has 0 saturated heterocycles. The van der Waals surface area contributed by atoms with E-state index in [1.807, 2.05) is 30.5 Å². The molecule has 2 atom stereocenters. The summed E-state index contributed by atoms with van der Waals surface area (Å²) in [6.45, 7) is 2.19. The highest BCUT2D eigenvalue weighted by molar-refractivity contribution is 5.29. The molecule has 0 aliphatic rings. The Labute approximate surface area is 131 Å². The molecular weight excluding hydrogens is 268 g/mol. The van der Waals surface area contributed by atoms with E-state index < -0.39 is 0 Å². The van der Waals surface area contributed by atoms with Crippen LogP contribution in [0.2, 0.25) is 0 Å². The normalized spacial score (nSPS) is 13.5. The molecule has 2 heteroatoms. The molecule has 3 aromatic rings. The van der Waals surface area contributed by atoms with Gasteiger partial charge < -0.3 is 0 Å². The molecule has 110 valence electrons. The number of benzene rings is 2. The van der Waals surface area contributed by atoms with Gasteiger partial charge in [-0.1, -0.05) is 66.7 Å². The number of pyridine rings is 1. The van der Waals surface area contributed by atoms with Gasteiger partial charge in [0.1, 0.15) is 0 Å². The first-order chi connectivity index (χ1) is 10.8. The smallest absolute Gasteiger partial charge is 0.0756 e. The first kappa shape index (κ1) is 14.5. The summed E-state index contributed by atoms with van der Waals surface area (Å²) in [4.78, 5) is 4.54. The van der Waals surface area contributed by atoms with Gasteiger partial charge in [0.05, 0.1) is 11.7 Å². The van der Waals surface area contributed by atoms with E-state index in [1.165, 1.54) is 11.1 Å². The van der Waals surface area contributed by atoms with Gasteiger partial charge in [0.25, 0.3) is 0 Å². The Bertz CT molecular complexity index is 641. The number of hydrogen-bond donors (Lipinski definition) is 1. The highest BCUT2D eigenvalue weighted by Crippen LogP contribution is 2.24. The predicted octanol–water partition coefficient (Wildman–Crippen LogP) is 4.52. The SMILES string of the molecule is C[C@@H](NC(c1ccccc1)c1ccccn1)c1ccccc1. The maximum Gasteiger partial charge on any atom is 0.0756 e. The van der Waals surface area contributed by atoms with Crippen molar-refractivity contribution in [2.75, 3.05) is 0 Å². The molecule has 0 amide bonds. The molecule has 0 radical (unpaired) electrons. The number of hydrogen-bond acceptors (Lipinski definition) is 2. The van der Waals surface area contributed by atoms with Gasteiger partial charge >= 0.3 is 0 Å². The van der Waals surface area contributed by atoms with E-state index in [-0.39, 0.29) is 12.1 Å². The second-order valence-electron chi connectivity index (χ2n) is 5.40. The Morgan fingerprint density at radius 2 is 1.32 bits per heavy atom. The minimum absolute atomic E-state index is 0.0811. The van der Waals surface area contributed by atoms with E-state index in [4.69, 9.17) is 0 Å². The highest BCUT2D eigenvalue weighted by Gasteiger charge is 2.18. The first-order valence-electron chi connectivity index (χ1n) is 7.61. The molecule has 1 aromatic heterocycles. The fraction of sp³-hybridized carbons (Fsp3) is 0.150. The lowest BCUT2D eigenvalue weighted by molar-refractivity contribution is 0.508. The molecule has 2 aromatic carbocycles. The van der Waals surface area contributed by atoms with E-state index in [2.05, 4.69) is 71.8 Å². The van der Waals surface area contributed by atoms with E-state index in [0.29, 0.717) is 0 Å². The van der Waals surface area contributed by atoms with Crippen molar-refractivity contribution in [3.8, 4) is 0 Å². The largest absolute Gasteiger partial charge is 0.298 e. The van der Waals surface area contributed by atoms with Gasteiger partial charge in [0.15, 0.2) is 0 Å². The van der Waals surface area contributed by atoms with Gasteiger partial charge in [-0.15, -0.1) is 0 Å². The van der Waals surface area contributed by atoms with Gasteiger partial charge in [-0.3, -0.25) is 10.3 Å². The van der Waals surface area contributed by atoms with Crippen molar-refractivity contribution >= 4 is 0 Å². The molecule has 3 rings (SSSR count). The summed E-state index contributed by atoms with van der Waals surface area (Å²) in [6, 6.07) is 27.3. The predicted molar refractivity (Wildman–Crippen MR) is 90.5 cm³/mol. The van der Waals surface area contributed by atoms with Crippen LogP contribution in [0.5, 0.6) is 0 Å². The van der Waals surface area contributed by atoms with Gasteiger partial charge in [0.2, 0.25) is 0 Å². The van der Waals surface area contributed by atoms with Crippen LogP contribution in [0.3, 0.4) is 0 Å². The zero-order valence-electron chi connectivity index (χ0n) is 12.7. The second-order valence-corrected chi connectivity index (χ2v) is 5.40. The van der Waals surface area contributed by atoms with Crippen LogP contribution in [0.15, 0.2) is 85.1 Å². The number of nitrogens with one attached hydrogen (secondary N) is 1. The van der Waals surface area contributed by atoms with E-state index in [0.717, 1.165) is 5.69 Å². The molecular formula is C20H20N2. The van der Waals surface area contributed by atoms with Crippen LogP contribution in [-0.2, 0) is 0 Å². The summed E-state index contributed by atoms with van der Waals surface area (Å²) in [7, 11) is 0. The van der Waals surface area contributed by atoms with Crippen molar-refractivity contribution < 1.29 is 0 Å². The van der Waals surface area contributed by atoms with E-state index >= 15 is 0 Å². The van der Waals surface area contributed by atoms with Gasteiger partial charge in [-0.05, 0) is 30.2 Å². The second kappa shape index (κ2) is 7.01. The lowest BCUT2D eigenvalue weighted by Crippen LogP contribution is -2.26. The molecule has 0 spiro atoms. The van der Waals surface area contributed by atoms with Crippen molar-refractivity contribution in [1.29, 1.82) is 0 Å². The molecule has 1 heterocycles. The molecule has 22 heavy (non-hydrogen) atoms. The Kier molecular flexibility index (Phi) is 4.62. The van der Waals surface area contributed by atoms with Gasteiger partial charge in [0, 0.05) is 12.2 Å². The fourth-order valence-corrected chi connectivity index (χ4v) is 2.63. The van der Waals surface area contributed by atoms with Crippen LogP contribution < -0.4 is 5.32 Å². The molecule has 0 aliphatic carbocycles. The maximum absolute atomic E-state index is 4.54. The van der Waals surface area contributed by atoms with Crippen LogP contribution in [0, 0.1) is 0 Å². The summed E-state index contributed by atoms with van der Waals surface area (Å²) >= 11 is 0. The Hall–Kier alpha value is -2.45. The average molecular weight is 288 g/mol. The minimum Gasteiger partial charge on any atom is -0.298 e. The molecule has 0 aliphatic heterocycles. The maximum atomic E-state index is 4.54. The van der Waals surface area contributed by atoms with Crippen LogP contribution in [-0.4, -0.2) is 4.98 Å². The molecule has 0 fully saturated rings. The summed E-state index contributed by atoms with van der Waals surface area (Å²) in [6.07, 6.45) is 1.85. The Balaban J connectivity index is 1.90. The summed E-state index contributed by atoms with van der Waals surface area (Å²) in [5.74, 6) is 0. The molecule has 1 unspecified atom stereocenters. The number of aromatic nitrogens is 1. The third-order valence-corrected chi connectivity index (χ3v) is 3.83. The average Bonchev–Trinajstić information content (AvgIpc) is 2.62. The van der Waals surface area contributed by atoms with E-state index in [9.17, 15) is 0 Å². The summed E-state index contributed by atoms with van der Waals surface area (Å²) in [5.41, 5.74) is 3.54. The van der Waals surface area contributed by atoms with Gasteiger partial charge in [-0.25, -0.2) is 0 Å². The van der Waals surface area contributed by atoms with Crippen molar-refractivity contribution in [2.45, 2.75) is 19.0 Å². The zero-order valence-corrected chi connectivity index (χ0v) is 12.7. The molecule has 0 bridgehead atoms. The van der Waals surface area contributed by atoms with Crippen LogP contribution >= 0.6 is 0 Å². The van der Waals surface area contributed by atoms with Gasteiger partial charge in [-0.2, -0.15) is 0 Å². The summed E-state index contributed by atoms with van der Waals surface area (Å²) in [5, 5.41) is 3.70. The van der Waals surface area contributed by atoms with Crippen molar-refractivity contribution in [2.24, 2.45) is 0 Å². The fourth-order valence-electron chi connectivity index (χ4n) is 2.63. The monoisotopic (exact) mass is 288 g/mol.